The molecule has 0 radical (unpaired) electrons. The van der Waals surface area contributed by atoms with Gasteiger partial charge in [0.05, 0.1) is 32.5 Å². The van der Waals surface area contributed by atoms with Crippen molar-refractivity contribution in [1.29, 1.82) is 0 Å². The Morgan fingerprint density at radius 2 is 2.00 bits per heavy atom. The second-order valence-electron chi connectivity index (χ2n) is 7.00. The Labute approximate surface area is 173 Å². The van der Waals surface area contributed by atoms with Crippen LogP contribution in [0.1, 0.15) is 42.9 Å². The van der Waals surface area contributed by atoms with E-state index < -0.39 is 6.10 Å². The SMILES string of the molecule is COc1ncc(C(O)CCCOCC2CCCN2)c(OC)n1.Cc1ccccc1. The molecule has 0 amide bonds. The average molecular weight is 404 g/mol. The lowest BCUT2D eigenvalue weighted by molar-refractivity contribution is 0.0940. The summed E-state index contributed by atoms with van der Waals surface area (Å²) in [5, 5.41) is 13.6. The fourth-order valence-corrected chi connectivity index (χ4v) is 3.04. The first-order chi connectivity index (χ1) is 14.1. The smallest absolute Gasteiger partial charge is 0.319 e. The van der Waals surface area contributed by atoms with E-state index in [9.17, 15) is 5.11 Å². The molecule has 2 aromatic rings. The molecule has 1 fully saturated rings. The second kappa shape index (κ2) is 13.1. The predicted molar refractivity (Wildman–Crippen MR) is 112 cm³/mol. The Morgan fingerprint density at radius 3 is 2.59 bits per heavy atom. The summed E-state index contributed by atoms with van der Waals surface area (Å²) in [4.78, 5) is 8.08. The minimum Gasteiger partial charge on any atom is -0.481 e. The first-order valence-corrected chi connectivity index (χ1v) is 10.1. The van der Waals surface area contributed by atoms with Crippen LogP contribution in [-0.4, -0.2) is 55.1 Å². The van der Waals surface area contributed by atoms with Gasteiger partial charge in [-0.3, -0.25) is 0 Å². The van der Waals surface area contributed by atoms with Crippen LogP contribution in [0.25, 0.3) is 0 Å². The molecule has 0 saturated carbocycles. The maximum Gasteiger partial charge on any atom is 0.319 e. The van der Waals surface area contributed by atoms with Gasteiger partial charge < -0.3 is 24.6 Å². The van der Waals surface area contributed by atoms with Crippen molar-refractivity contribution in [1.82, 2.24) is 15.3 Å². The lowest BCUT2D eigenvalue weighted by Crippen LogP contribution is -2.26. The maximum atomic E-state index is 10.2. The van der Waals surface area contributed by atoms with Crippen molar-refractivity contribution in [2.24, 2.45) is 0 Å². The molecule has 29 heavy (non-hydrogen) atoms. The third-order valence-corrected chi connectivity index (χ3v) is 4.68. The molecule has 3 rings (SSSR count). The first-order valence-electron chi connectivity index (χ1n) is 10.1. The Hall–Kier alpha value is -2.22. The molecular weight excluding hydrogens is 370 g/mol. The molecule has 0 aliphatic carbocycles. The van der Waals surface area contributed by atoms with E-state index in [4.69, 9.17) is 14.2 Å². The summed E-state index contributed by atoms with van der Waals surface area (Å²) in [6.45, 7) is 4.55. The number of methoxy groups -OCH3 is 2. The summed E-state index contributed by atoms with van der Waals surface area (Å²) in [5.74, 6) is 0.343. The van der Waals surface area contributed by atoms with Gasteiger partial charge in [-0.15, -0.1) is 0 Å². The molecule has 2 unspecified atom stereocenters. The molecule has 2 N–H and O–H groups in total. The molecule has 7 nitrogen and oxygen atoms in total. The van der Waals surface area contributed by atoms with E-state index in [0.717, 1.165) is 19.6 Å². The molecule has 2 heterocycles. The van der Waals surface area contributed by atoms with E-state index in [0.29, 0.717) is 30.5 Å². The molecular formula is C22H33N3O4. The summed E-state index contributed by atoms with van der Waals surface area (Å²) < 4.78 is 15.8. The lowest BCUT2D eigenvalue weighted by atomic mass is 10.1. The molecule has 160 valence electrons. The second-order valence-corrected chi connectivity index (χ2v) is 7.00. The third kappa shape index (κ3) is 8.35. The number of aromatic nitrogens is 2. The van der Waals surface area contributed by atoms with Crippen LogP contribution in [0.5, 0.6) is 11.9 Å². The van der Waals surface area contributed by atoms with Gasteiger partial charge in [0.15, 0.2) is 0 Å². The van der Waals surface area contributed by atoms with Gasteiger partial charge in [-0.2, -0.15) is 4.98 Å². The fraction of sp³-hybridized carbons (Fsp3) is 0.545. The van der Waals surface area contributed by atoms with E-state index in [-0.39, 0.29) is 6.01 Å². The number of aliphatic hydroxyl groups is 1. The molecule has 2 atom stereocenters. The number of aliphatic hydroxyl groups excluding tert-OH is 1. The quantitative estimate of drug-likeness (QED) is 0.622. The number of ether oxygens (including phenoxy) is 3. The van der Waals surface area contributed by atoms with Crippen molar-refractivity contribution in [3.8, 4) is 11.9 Å². The number of nitrogens with zero attached hydrogens (tertiary/aromatic N) is 2. The Kier molecular flexibility index (Phi) is 10.4. The van der Waals surface area contributed by atoms with Gasteiger partial charge >= 0.3 is 6.01 Å². The first kappa shape index (κ1) is 23.1. The molecule has 1 aliphatic heterocycles. The van der Waals surface area contributed by atoms with E-state index in [1.54, 1.807) is 6.20 Å². The van der Waals surface area contributed by atoms with Crippen LogP contribution in [0.4, 0.5) is 0 Å². The van der Waals surface area contributed by atoms with Crippen molar-refractivity contribution in [2.45, 2.75) is 44.8 Å². The van der Waals surface area contributed by atoms with Gasteiger partial charge in [0.1, 0.15) is 0 Å². The summed E-state index contributed by atoms with van der Waals surface area (Å²) >= 11 is 0. The van der Waals surface area contributed by atoms with Gasteiger partial charge in [0.2, 0.25) is 5.88 Å². The van der Waals surface area contributed by atoms with Crippen LogP contribution in [-0.2, 0) is 4.74 Å². The monoisotopic (exact) mass is 403 g/mol. The van der Waals surface area contributed by atoms with E-state index in [1.165, 1.54) is 32.6 Å². The highest BCUT2D eigenvalue weighted by Gasteiger charge is 2.17. The number of benzene rings is 1. The van der Waals surface area contributed by atoms with E-state index in [2.05, 4.69) is 34.3 Å². The van der Waals surface area contributed by atoms with Gasteiger partial charge in [0.25, 0.3) is 0 Å². The van der Waals surface area contributed by atoms with Crippen LogP contribution in [0, 0.1) is 6.92 Å². The minimum absolute atomic E-state index is 0.222. The zero-order valence-electron chi connectivity index (χ0n) is 17.6. The summed E-state index contributed by atoms with van der Waals surface area (Å²) in [6.07, 6.45) is 4.62. The highest BCUT2D eigenvalue weighted by molar-refractivity contribution is 5.27. The normalized spacial score (nSPS) is 16.6. The number of hydrogen-bond donors (Lipinski definition) is 2. The number of nitrogens with one attached hydrogen (secondary N) is 1. The average Bonchev–Trinajstić information content (AvgIpc) is 3.27. The number of hydrogen-bond acceptors (Lipinski definition) is 7. The zero-order valence-corrected chi connectivity index (χ0v) is 17.6. The number of rotatable bonds is 9. The van der Waals surface area contributed by atoms with Gasteiger partial charge in [-0.25, -0.2) is 4.98 Å². The highest BCUT2D eigenvalue weighted by Crippen LogP contribution is 2.27. The summed E-state index contributed by atoms with van der Waals surface area (Å²) in [5.41, 5.74) is 1.89. The van der Waals surface area contributed by atoms with Crippen molar-refractivity contribution >= 4 is 0 Å². The van der Waals surface area contributed by atoms with Gasteiger partial charge in [-0.05, 0) is 39.2 Å². The van der Waals surface area contributed by atoms with E-state index >= 15 is 0 Å². The molecule has 0 spiro atoms. The largest absolute Gasteiger partial charge is 0.481 e. The van der Waals surface area contributed by atoms with Crippen LogP contribution in [0.15, 0.2) is 36.5 Å². The topological polar surface area (TPSA) is 85.7 Å². The predicted octanol–water partition coefficient (Wildman–Crippen LogP) is 3.07. The molecule has 7 heteroatoms. The summed E-state index contributed by atoms with van der Waals surface area (Å²) in [6, 6.07) is 11.0. The van der Waals surface area contributed by atoms with Crippen LogP contribution in [0.3, 0.4) is 0 Å². The van der Waals surface area contributed by atoms with Crippen LogP contribution >= 0.6 is 0 Å². The van der Waals surface area contributed by atoms with Crippen molar-refractivity contribution < 1.29 is 19.3 Å². The molecule has 1 aromatic carbocycles. The van der Waals surface area contributed by atoms with Gasteiger partial charge in [-0.1, -0.05) is 35.9 Å². The van der Waals surface area contributed by atoms with Crippen molar-refractivity contribution in [2.75, 3.05) is 34.0 Å². The minimum atomic E-state index is -0.672. The fourth-order valence-electron chi connectivity index (χ4n) is 3.04. The zero-order chi connectivity index (χ0) is 20.9. The van der Waals surface area contributed by atoms with Crippen molar-refractivity contribution in [3.63, 3.8) is 0 Å². The third-order valence-electron chi connectivity index (χ3n) is 4.68. The number of aryl methyl sites for hydroxylation is 1. The molecule has 1 saturated heterocycles. The van der Waals surface area contributed by atoms with E-state index in [1.807, 2.05) is 18.2 Å². The molecule has 0 bridgehead atoms. The standard InChI is InChI=1S/C15H25N3O4.C7H8/c1-20-14-12(9-17-15(18-14)21-2)13(19)6-4-8-22-10-11-5-3-7-16-11;1-7-5-3-2-4-6-7/h9,11,13,16,19H,3-8,10H2,1-2H3;2-6H,1H3. The van der Waals surface area contributed by atoms with Gasteiger partial charge in [0, 0.05) is 18.8 Å². The van der Waals surface area contributed by atoms with Crippen LogP contribution < -0.4 is 14.8 Å². The van der Waals surface area contributed by atoms with Crippen molar-refractivity contribution in [3.05, 3.63) is 47.7 Å². The Morgan fingerprint density at radius 1 is 1.21 bits per heavy atom. The Bertz CT molecular complexity index is 694. The molecule has 1 aliphatic rings. The molecule has 1 aromatic heterocycles. The lowest BCUT2D eigenvalue weighted by Gasteiger charge is -2.15. The Balaban J connectivity index is 0.000000360. The maximum absolute atomic E-state index is 10.2. The summed E-state index contributed by atoms with van der Waals surface area (Å²) in [7, 11) is 3.00. The highest BCUT2D eigenvalue weighted by atomic mass is 16.5. The van der Waals surface area contributed by atoms with Crippen LogP contribution in [0.2, 0.25) is 0 Å².